The number of guanidine groups is 1. The number of nitrogens with one attached hydrogen (secondary N) is 3. The van der Waals surface area contributed by atoms with E-state index >= 15 is 0 Å². The molecule has 6 rings (SSSR count). The maximum atomic E-state index is 13.9. The largest absolute Gasteiger partial charge is 0.491 e. The quantitative estimate of drug-likeness (QED) is 0.158. The Labute approximate surface area is 246 Å². The van der Waals surface area contributed by atoms with Crippen LogP contribution in [0.5, 0.6) is 5.75 Å². The van der Waals surface area contributed by atoms with Crippen molar-refractivity contribution in [2.45, 2.75) is 68.9 Å². The molecule has 9 nitrogen and oxygen atoms in total. The Hall–Kier alpha value is -3.95. The number of nitrogens with two attached hydrogens (primary N) is 1. The lowest BCUT2D eigenvalue weighted by Crippen LogP contribution is -2.46. The number of carbonyl (C=O) groups is 2. The van der Waals surface area contributed by atoms with Crippen LogP contribution in [0.15, 0.2) is 72.8 Å². The Balaban J connectivity index is 1.13. The van der Waals surface area contributed by atoms with Crippen molar-refractivity contribution >= 4 is 28.4 Å². The highest BCUT2D eigenvalue weighted by Gasteiger charge is 2.52. The van der Waals surface area contributed by atoms with Crippen LogP contribution in [0.2, 0.25) is 0 Å². The third-order valence-electron chi connectivity index (χ3n) is 9.00. The molecule has 3 aromatic rings. The number of ether oxygens (including phenoxy) is 1. The predicted octanol–water partition coefficient (Wildman–Crippen LogP) is 3.55. The average Bonchev–Trinajstić information content (AvgIpc) is 3.72. The van der Waals surface area contributed by atoms with Crippen molar-refractivity contribution in [1.82, 2.24) is 20.4 Å². The molecular formula is C33H40N6O3. The molecule has 5 N–H and O–H groups in total. The van der Waals surface area contributed by atoms with Gasteiger partial charge in [-0.1, -0.05) is 60.7 Å². The third kappa shape index (κ3) is 5.98. The Kier molecular flexibility index (Phi) is 8.39. The van der Waals surface area contributed by atoms with Crippen molar-refractivity contribution in [1.29, 1.82) is 5.41 Å². The van der Waals surface area contributed by atoms with Crippen molar-refractivity contribution in [3.8, 4) is 5.75 Å². The number of rotatable bonds is 11. The molecule has 1 unspecified atom stereocenters. The number of benzene rings is 3. The lowest BCUT2D eigenvalue weighted by molar-refractivity contribution is -0.131. The van der Waals surface area contributed by atoms with Gasteiger partial charge in [0.05, 0.1) is 30.8 Å². The number of hydrogen-bond acceptors (Lipinski definition) is 6. The average molecular weight is 569 g/mol. The van der Waals surface area contributed by atoms with Gasteiger partial charge in [0.25, 0.3) is 0 Å². The van der Waals surface area contributed by atoms with E-state index in [4.69, 9.17) is 15.9 Å². The summed E-state index contributed by atoms with van der Waals surface area (Å²) >= 11 is 0. The lowest BCUT2D eigenvalue weighted by Gasteiger charge is -2.28. The van der Waals surface area contributed by atoms with Crippen LogP contribution in [0.4, 0.5) is 0 Å². The van der Waals surface area contributed by atoms with Crippen molar-refractivity contribution in [3.63, 3.8) is 0 Å². The molecule has 3 fully saturated rings. The van der Waals surface area contributed by atoms with Crippen LogP contribution in [-0.2, 0) is 9.59 Å². The number of Topliss-reactive ketones (excluding diaryl/α,β-unsaturated/α-hetero) is 1. The molecule has 1 amide bonds. The Morgan fingerprint density at radius 3 is 2.60 bits per heavy atom. The van der Waals surface area contributed by atoms with E-state index in [1.807, 2.05) is 47.4 Å². The van der Waals surface area contributed by atoms with Crippen molar-refractivity contribution < 1.29 is 14.3 Å². The fraction of sp³-hybridized carbons (Fsp3) is 0.424. The molecule has 3 aliphatic rings. The SMILES string of the molecule is N=C(N)NCCC[C@H]1C(=O)N2C(CC[C@@H]2COc2ccc3ccccc3c2)N1CC(=O)[C@@H]1CC[C@H](c2ccccc2)N1. The molecule has 3 aromatic carbocycles. The number of ketones is 1. The molecule has 220 valence electrons. The monoisotopic (exact) mass is 568 g/mol. The van der Waals surface area contributed by atoms with Gasteiger partial charge in [-0.3, -0.25) is 19.9 Å². The van der Waals surface area contributed by atoms with E-state index in [1.165, 1.54) is 5.56 Å². The molecule has 0 saturated carbocycles. The first-order chi connectivity index (χ1) is 20.5. The van der Waals surface area contributed by atoms with E-state index in [0.717, 1.165) is 42.2 Å². The predicted molar refractivity (Wildman–Crippen MR) is 163 cm³/mol. The molecule has 5 atom stereocenters. The zero-order valence-electron chi connectivity index (χ0n) is 23.9. The van der Waals surface area contributed by atoms with Crippen LogP contribution in [-0.4, -0.2) is 71.4 Å². The Bertz CT molecular complexity index is 1430. The van der Waals surface area contributed by atoms with Crippen LogP contribution < -0.4 is 21.1 Å². The van der Waals surface area contributed by atoms with Gasteiger partial charge in [-0.2, -0.15) is 0 Å². The minimum absolute atomic E-state index is 0.0426. The zero-order valence-corrected chi connectivity index (χ0v) is 23.9. The van der Waals surface area contributed by atoms with Gasteiger partial charge < -0.3 is 26.0 Å². The minimum Gasteiger partial charge on any atom is -0.491 e. The fourth-order valence-corrected chi connectivity index (χ4v) is 6.91. The summed E-state index contributed by atoms with van der Waals surface area (Å²) in [4.78, 5) is 31.6. The Morgan fingerprint density at radius 2 is 1.79 bits per heavy atom. The Morgan fingerprint density at radius 1 is 1.00 bits per heavy atom. The number of fused-ring (bicyclic) bond motifs is 2. The third-order valence-corrected chi connectivity index (χ3v) is 9.00. The second-order valence-corrected chi connectivity index (χ2v) is 11.7. The normalized spacial score (nSPS) is 25.6. The summed E-state index contributed by atoms with van der Waals surface area (Å²) in [7, 11) is 0. The van der Waals surface area contributed by atoms with E-state index in [0.29, 0.717) is 26.0 Å². The van der Waals surface area contributed by atoms with E-state index in [-0.39, 0.29) is 54.5 Å². The molecule has 0 radical (unpaired) electrons. The summed E-state index contributed by atoms with van der Waals surface area (Å²) in [6.07, 6.45) is 4.54. The highest BCUT2D eigenvalue weighted by Crippen LogP contribution is 2.37. The summed E-state index contributed by atoms with van der Waals surface area (Å²) in [5.74, 6) is 0.933. The van der Waals surface area contributed by atoms with Crippen LogP contribution in [0.25, 0.3) is 10.8 Å². The summed E-state index contributed by atoms with van der Waals surface area (Å²) in [6, 6.07) is 24.1. The van der Waals surface area contributed by atoms with E-state index in [1.54, 1.807) is 0 Å². The maximum Gasteiger partial charge on any atom is 0.241 e. The summed E-state index contributed by atoms with van der Waals surface area (Å²) < 4.78 is 6.23. The van der Waals surface area contributed by atoms with Gasteiger partial charge in [0.1, 0.15) is 12.4 Å². The van der Waals surface area contributed by atoms with Crippen LogP contribution in [0.3, 0.4) is 0 Å². The van der Waals surface area contributed by atoms with Gasteiger partial charge in [0.15, 0.2) is 11.7 Å². The molecule has 3 saturated heterocycles. The zero-order chi connectivity index (χ0) is 29.1. The summed E-state index contributed by atoms with van der Waals surface area (Å²) in [6.45, 7) is 1.18. The number of nitrogens with zero attached hydrogens (tertiary/aromatic N) is 2. The van der Waals surface area contributed by atoms with Crippen molar-refractivity contribution in [3.05, 3.63) is 78.4 Å². The second-order valence-electron chi connectivity index (χ2n) is 11.7. The molecule has 9 heteroatoms. The van der Waals surface area contributed by atoms with Crippen LogP contribution in [0, 0.1) is 5.41 Å². The smallest absolute Gasteiger partial charge is 0.241 e. The van der Waals surface area contributed by atoms with Gasteiger partial charge in [-0.15, -0.1) is 0 Å². The van der Waals surface area contributed by atoms with Crippen LogP contribution >= 0.6 is 0 Å². The highest BCUT2D eigenvalue weighted by atomic mass is 16.5. The maximum absolute atomic E-state index is 13.9. The van der Waals surface area contributed by atoms with Gasteiger partial charge in [-0.25, -0.2) is 0 Å². The van der Waals surface area contributed by atoms with E-state index in [9.17, 15) is 9.59 Å². The van der Waals surface area contributed by atoms with Gasteiger partial charge in [0, 0.05) is 12.6 Å². The van der Waals surface area contributed by atoms with Gasteiger partial charge in [0.2, 0.25) is 5.91 Å². The van der Waals surface area contributed by atoms with E-state index in [2.05, 4.69) is 45.9 Å². The number of carbonyl (C=O) groups excluding carboxylic acids is 2. The first-order valence-corrected chi connectivity index (χ1v) is 15.1. The molecule has 0 aromatic heterocycles. The van der Waals surface area contributed by atoms with Crippen molar-refractivity contribution in [2.24, 2.45) is 5.73 Å². The lowest BCUT2D eigenvalue weighted by atomic mass is 10.0. The van der Waals surface area contributed by atoms with Gasteiger partial charge >= 0.3 is 0 Å². The molecule has 3 aliphatic heterocycles. The fourth-order valence-electron chi connectivity index (χ4n) is 6.91. The van der Waals surface area contributed by atoms with Crippen LogP contribution in [0.1, 0.15) is 50.1 Å². The first kappa shape index (κ1) is 28.2. The molecule has 0 aliphatic carbocycles. The molecule has 3 heterocycles. The number of hydrogen-bond donors (Lipinski definition) is 4. The first-order valence-electron chi connectivity index (χ1n) is 15.1. The van der Waals surface area contributed by atoms with E-state index < -0.39 is 0 Å². The molecule has 0 bridgehead atoms. The second kappa shape index (κ2) is 12.5. The summed E-state index contributed by atoms with van der Waals surface area (Å²) in [5, 5.41) is 16.1. The minimum atomic E-state index is -0.373. The molecular weight excluding hydrogens is 528 g/mol. The molecule has 0 spiro atoms. The topological polar surface area (TPSA) is 124 Å². The van der Waals surface area contributed by atoms with Gasteiger partial charge in [-0.05, 0) is 67.0 Å². The standard InChI is InChI=1S/C33H40N6O3/c34-33(35)36-18-6-11-29-32(41)39-25(21-42-26-14-12-22-7-4-5-10-24(22)19-26)13-17-31(39)38(29)20-30(40)28-16-15-27(37-28)23-8-2-1-3-9-23/h1-5,7-10,12,14,19,25,27-29,31,37H,6,11,13,15-18,20-21H2,(H4,34,35,36)/t25-,27-,28+,29+,31?/m1/s1. The highest BCUT2D eigenvalue weighted by molar-refractivity contribution is 5.90. The summed E-state index contributed by atoms with van der Waals surface area (Å²) in [5.41, 5.74) is 6.66. The molecule has 42 heavy (non-hydrogen) atoms. The van der Waals surface area contributed by atoms with Crippen molar-refractivity contribution in [2.75, 3.05) is 19.7 Å². The number of amides is 1.